The molecule has 0 fully saturated rings. The highest BCUT2D eigenvalue weighted by molar-refractivity contribution is 7.89. The lowest BCUT2D eigenvalue weighted by Crippen LogP contribution is -2.33. The van der Waals surface area contributed by atoms with Crippen LogP contribution >= 0.6 is 0 Å². The molecule has 1 aromatic rings. The van der Waals surface area contributed by atoms with Gasteiger partial charge in [0.1, 0.15) is 10.6 Å². The van der Waals surface area contributed by atoms with Gasteiger partial charge in [-0.1, -0.05) is 13.8 Å². The van der Waals surface area contributed by atoms with E-state index < -0.39 is 15.9 Å². The number of carbonyl (C=O) groups excluding carboxylic acids is 1. The minimum Gasteiger partial charge on any atom is -0.396 e. The number of hydrogen-bond acceptors (Lipinski definition) is 4. The Morgan fingerprint density at radius 3 is 2.57 bits per heavy atom. The lowest BCUT2D eigenvalue weighted by molar-refractivity contribution is 0.0930. The molecular formula is C13H23N3O4S. The molecule has 1 amide bonds. The van der Waals surface area contributed by atoms with Crippen LogP contribution < -0.4 is 5.32 Å². The Kier molecular flexibility index (Phi) is 6.38. The summed E-state index contributed by atoms with van der Waals surface area (Å²) < 4.78 is 25.9. The molecule has 21 heavy (non-hydrogen) atoms. The summed E-state index contributed by atoms with van der Waals surface area (Å²) in [5.41, 5.74) is 0.186. The standard InChI is InChI=1S/C13H23N3O4S/c1-4-16(5-2)21(19,20)11-8-12(14-9-11)13(18)15-10(3)6-7-17/h8-10,14,17H,4-7H2,1-3H3,(H,15,18). The molecule has 0 aliphatic carbocycles. The maximum atomic E-state index is 12.3. The number of H-pyrrole nitrogens is 1. The number of amides is 1. The molecule has 1 unspecified atom stereocenters. The second-order valence-corrected chi connectivity index (χ2v) is 6.66. The lowest BCUT2D eigenvalue weighted by atomic mass is 10.2. The number of sulfonamides is 1. The zero-order valence-electron chi connectivity index (χ0n) is 12.6. The van der Waals surface area contributed by atoms with Gasteiger partial charge in [-0.05, 0) is 19.4 Å². The predicted octanol–water partition coefficient (Wildman–Crippen LogP) is 0.546. The molecule has 0 aliphatic heterocycles. The summed E-state index contributed by atoms with van der Waals surface area (Å²) in [5.74, 6) is -0.392. The zero-order valence-corrected chi connectivity index (χ0v) is 13.4. The Morgan fingerprint density at radius 1 is 1.43 bits per heavy atom. The molecule has 3 N–H and O–H groups in total. The van der Waals surface area contributed by atoms with Gasteiger partial charge in [0, 0.05) is 31.9 Å². The van der Waals surface area contributed by atoms with Crippen molar-refractivity contribution in [2.75, 3.05) is 19.7 Å². The summed E-state index contributed by atoms with van der Waals surface area (Å²) in [6, 6.07) is 1.14. The molecule has 1 heterocycles. The third kappa shape index (κ3) is 4.29. The Bertz CT molecular complexity index is 564. The van der Waals surface area contributed by atoms with Crippen LogP contribution in [0.1, 0.15) is 37.7 Å². The minimum absolute atomic E-state index is 0.0201. The Morgan fingerprint density at radius 2 is 2.05 bits per heavy atom. The van der Waals surface area contributed by atoms with Gasteiger partial charge in [0.2, 0.25) is 10.0 Å². The molecule has 1 atom stereocenters. The highest BCUT2D eigenvalue weighted by Crippen LogP contribution is 2.16. The first-order valence-corrected chi connectivity index (χ1v) is 8.41. The molecular weight excluding hydrogens is 294 g/mol. The van der Waals surface area contributed by atoms with Crippen LogP contribution in [0.25, 0.3) is 0 Å². The molecule has 8 heteroatoms. The third-order valence-electron chi connectivity index (χ3n) is 3.18. The van der Waals surface area contributed by atoms with Crippen molar-refractivity contribution in [3.63, 3.8) is 0 Å². The first-order chi connectivity index (χ1) is 9.86. The molecule has 0 saturated carbocycles. The van der Waals surface area contributed by atoms with Crippen molar-refractivity contribution in [1.82, 2.24) is 14.6 Å². The highest BCUT2D eigenvalue weighted by Gasteiger charge is 2.24. The Labute approximate surface area is 125 Å². The summed E-state index contributed by atoms with van der Waals surface area (Å²) in [6.07, 6.45) is 1.76. The van der Waals surface area contributed by atoms with Crippen LogP contribution in [-0.2, 0) is 10.0 Å². The number of aliphatic hydroxyl groups is 1. The van der Waals surface area contributed by atoms with E-state index in [1.165, 1.54) is 16.6 Å². The van der Waals surface area contributed by atoms with Gasteiger partial charge in [-0.15, -0.1) is 0 Å². The van der Waals surface area contributed by atoms with Crippen LogP contribution in [-0.4, -0.2) is 54.5 Å². The SMILES string of the molecule is CCN(CC)S(=O)(=O)c1c[nH]c(C(=O)NC(C)CCO)c1. The highest BCUT2D eigenvalue weighted by atomic mass is 32.2. The summed E-state index contributed by atoms with van der Waals surface area (Å²) in [4.78, 5) is 14.7. The second-order valence-electron chi connectivity index (χ2n) is 4.73. The molecule has 120 valence electrons. The summed E-state index contributed by atoms with van der Waals surface area (Å²) in [7, 11) is -3.57. The fourth-order valence-corrected chi connectivity index (χ4v) is 3.39. The van der Waals surface area contributed by atoms with Crippen LogP contribution in [0.4, 0.5) is 0 Å². The van der Waals surface area contributed by atoms with Crippen LogP contribution in [0, 0.1) is 0 Å². The molecule has 1 rings (SSSR count). The fourth-order valence-electron chi connectivity index (χ4n) is 1.93. The smallest absolute Gasteiger partial charge is 0.267 e. The zero-order chi connectivity index (χ0) is 16.0. The number of aromatic amines is 1. The van der Waals surface area contributed by atoms with Crippen molar-refractivity contribution >= 4 is 15.9 Å². The number of rotatable bonds is 8. The van der Waals surface area contributed by atoms with Crippen molar-refractivity contribution in [3.05, 3.63) is 18.0 Å². The summed E-state index contributed by atoms with van der Waals surface area (Å²) >= 11 is 0. The number of carbonyl (C=O) groups is 1. The van der Waals surface area contributed by atoms with Crippen molar-refractivity contribution in [2.24, 2.45) is 0 Å². The van der Waals surface area contributed by atoms with Gasteiger partial charge in [0.25, 0.3) is 5.91 Å². The molecule has 0 bridgehead atoms. The summed E-state index contributed by atoms with van der Waals surface area (Å²) in [6.45, 7) is 6.02. The summed E-state index contributed by atoms with van der Waals surface area (Å²) in [5, 5.41) is 11.5. The quantitative estimate of drug-likeness (QED) is 0.651. The molecule has 0 radical (unpaired) electrons. The number of aliphatic hydroxyl groups excluding tert-OH is 1. The van der Waals surface area contributed by atoms with E-state index in [1.807, 2.05) is 0 Å². The van der Waals surface area contributed by atoms with Crippen LogP contribution in [0.5, 0.6) is 0 Å². The average molecular weight is 317 g/mol. The van der Waals surface area contributed by atoms with Gasteiger partial charge in [0.15, 0.2) is 0 Å². The van der Waals surface area contributed by atoms with Crippen LogP contribution in [0.3, 0.4) is 0 Å². The maximum absolute atomic E-state index is 12.3. The van der Waals surface area contributed by atoms with Crippen molar-refractivity contribution in [1.29, 1.82) is 0 Å². The van der Waals surface area contributed by atoms with E-state index in [-0.39, 0.29) is 23.2 Å². The van der Waals surface area contributed by atoms with Crippen molar-refractivity contribution in [3.8, 4) is 0 Å². The van der Waals surface area contributed by atoms with E-state index in [9.17, 15) is 13.2 Å². The van der Waals surface area contributed by atoms with E-state index in [0.29, 0.717) is 19.5 Å². The molecule has 0 aromatic carbocycles. The third-order valence-corrected chi connectivity index (χ3v) is 5.21. The van der Waals surface area contributed by atoms with Crippen molar-refractivity contribution in [2.45, 2.75) is 38.1 Å². The molecule has 0 aliphatic rings. The lowest BCUT2D eigenvalue weighted by Gasteiger charge is -2.17. The molecule has 7 nitrogen and oxygen atoms in total. The number of aromatic nitrogens is 1. The van der Waals surface area contributed by atoms with E-state index in [1.54, 1.807) is 20.8 Å². The minimum atomic E-state index is -3.57. The first kappa shape index (κ1) is 17.7. The Hall–Kier alpha value is -1.38. The van der Waals surface area contributed by atoms with Crippen LogP contribution in [0.2, 0.25) is 0 Å². The maximum Gasteiger partial charge on any atom is 0.267 e. The van der Waals surface area contributed by atoms with Crippen LogP contribution in [0.15, 0.2) is 17.2 Å². The largest absolute Gasteiger partial charge is 0.396 e. The normalized spacial score (nSPS) is 13.4. The van der Waals surface area contributed by atoms with Gasteiger partial charge in [0.05, 0.1) is 0 Å². The van der Waals surface area contributed by atoms with E-state index in [4.69, 9.17) is 5.11 Å². The Balaban J connectivity index is 2.88. The second kappa shape index (κ2) is 7.58. The van der Waals surface area contributed by atoms with Gasteiger partial charge >= 0.3 is 0 Å². The monoisotopic (exact) mass is 317 g/mol. The van der Waals surface area contributed by atoms with E-state index >= 15 is 0 Å². The topological polar surface area (TPSA) is 103 Å². The number of nitrogens with zero attached hydrogens (tertiary/aromatic N) is 1. The average Bonchev–Trinajstić information content (AvgIpc) is 2.90. The first-order valence-electron chi connectivity index (χ1n) is 6.97. The fraction of sp³-hybridized carbons (Fsp3) is 0.615. The number of nitrogens with one attached hydrogen (secondary N) is 2. The van der Waals surface area contributed by atoms with Gasteiger partial charge in [-0.3, -0.25) is 4.79 Å². The molecule has 1 aromatic heterocycles. The molecule has 0 saturated heterocycles. The van der Waals surface area contributed by atoms with Crippen molar-refractivity contribution < 1.29 is 18.3 Å². The van der Waals surface area contributed by atoms with Gasteiger partial charge < -0.3 is 15.4 Å². The van der Waals surface area contributed by atoms with Gasteiger partial charge in [-0.25, -0.2) is 8.42 Å². The van der Waals surface area contributed by atoms with Gasteiger partial charge in [-0.2, -0.15) is 4.31 Å². The van der Waals surface area contributed by atoms with E-state index in [0.717, 1.165) is 0 Å². The van der Waals surface area contributed by atoms with E-state index in [2.05, 4.69) is 10.3 Å². The predicted molar refractivity (Wildman–Crippen MR) is 79.5 cm³/mol. The molecule has 0 spiro atoms. The number of hydrogen-bond donors (Lipinski definition) is 3.